The van der Waals surface area contributed by atoms with E-state index in [9.17, 15) is 27.7 Å². The van der Waals surface area contributed by atoms with E-state index in [-0.39, 0.29) is 23.2 Å². The summed E-state index contributed by atoms with van der Waals surface area (Å²) >= 11 is 0. The van der Waals surface area contributed by atoms with Gasteiger partial charge >= 0.3 is 16.4 Å². The zero-order valence-corrected chi connectivity index (χ0v) is 24.3. The van der Waals surface area contributed by atoms with Crippen LogP contribution in [0.2, 0.25) is 0 Å². The number of aliphatic carboxylic acids is 1. The average Bonchev–Trinajstić information content (AvgIpc) is 3.14. The largest absolute Gasteiger partial charge is 0.480 e. The van der Waals surface area contributed by atoms with Gasteiger partial charge in [-0.2, -0.15) is 8.42 Å². The predicted molar refractivity (Wildman–Crippen MR) is 144 cm³/mol. The third-order valence-electron chi connectivity index (χ3n) is 10.5. The summed E-state index contributed by atoms with van der Waals surface area (Å²) in [7, 11) is -4.60. The molecule has 2 N–H and O–H groups in total. The molecule has 0 aromatic carbocycles. The van der Waals surface area contributed by atoms with Crippen LogP contribution < -0.4 is 0 Å². The molecular formula is C29H45NO7S. The number of carbonyl (C=O) groups excluding carboxylic acids is 1. The van der Waals surface area contributed by atoms with Crippen LogP contribution in [0.3, 0.4) is 0 Å². The lowest BCUT2D eigenvalue weighted by atomic mass is 9.43. The summed E-state index contributed by atoms with van der Waals surface area (Å²) < 4.78 is 36.7. The van der Waals surface area contributed by atoms with Crippen molar-refractivity contribution in [1.29, 1.82) is 0 Å². The number of allylic oxidation sites excluding steroid dienone is 1. The molecule has 3 aliphatic carbocycles. The summed E-state index contributed by atoms with van der Waals surface area (Å²) in [6.45, 7) is 11.2. The van der Waals surface area contributed by atoms with Gasteiger partial charge in [0.1, 0.15) is 12.3 Å². The zero-order chi connectivity index (χ0) is 28.0. The number of rotatable bonds is 8. The number of hydrogen-bond donors (Lipinski definition) is 2. The molecule has 1 heterocycles. The molecular weight excluding hydrogens is 506 g/mol. The molecule has 0 radical (unpaired) electrons. The Bertz CT molecular complexity index is 1110. The van der Waals surface area contributed by atoms with Gasteiger partial charge in [-0.3, -0.25) is 9.35 Å². The van der Waals surface area contributed by atoms with Crippen LogP contribution in [0.15, 0.2) is 23.5 Å². The fourth-order valence-corrected chi connectivity index (χ4v) is 9.20. The SMILES string of the molecule is CC(C)[C@H](C(=O)O)N1CC=C(CC[C@H]2/C(=C\OS(=O)(=O)O)CC[C@H]3[C@H]2CC[C@H]2C(C)(C)CCC[C@]32C)C1=O. The van der Waals surface area contributed by atoms with Crippen molar-refractivity contribution in [3.8, 4) is 0 Å². The van der Waals surface area contributed by atoms with Crippen molar-refractivity contribution in [2.24, 2.45) is 40.4 Å². The van der Waals surface area contributed by atoms with Crippen LogP contribution in [0.25, 0.3) is 0 Å². The Hall–Kier alpha value is -1.87. The van der Waals surface area contributed by atoms with Crippen molar-refractivity contribution in [2.75, 3.05) is 6.54 Å². The highest BCUT2D eigenvalue weighted by molar-refractivity contribution is 7.81. The smallest absolute Gasteiger partial charge is 0.445 e. The Balaban J connectivity index is 1.56. The molecule has 9 heteroatoms. The monoisotopic (exact) mass is 551 g/mol. The van der Waals surface area contributed by atoms with Crippen LogP contribution in [-0.2, 0) is 24.2 Å². The highest BCUT2D eigenvalue weighted by Crippen LogP contribution is 2.65. The minimum absolute atomic E-state index is 0.0430. The molecule has 0 aromatic rings. The van der Waals surface area contributed by atoms with E-state index in [4.69, 9.17) is 4.18 Å². The van der Waals surface area contributed by atoms with Gasteiger partial charge in [-0.1, -0.05) is 47.1 Å². The molecule has 4 rings (SSSR count). The summed E-state index contributed by atoms with van der Waals surface area (Å²) in [4.78, 5) is 26.5. The van der Waals surface area contributed by atoms with Gasteiger partial charge in [0.25, 0.3) is 5.91 Å². The Morgan fingerprint density at radius 3 is 2.55 bits per heavy atom. The molecule has 6 atom stereocenters. The zero-order valence-electron chi connectivity index (χ0n) is 23.5. The summed E-state index contributed by atoms with van der Waals surface area (Å²) in [5.41, 5.74) is 2.05. The van der Waals surface area contributed by atoms with Gasteiger partial charge in [-0.05, 0) is 97.4 Å². The van der Waals surface area contributed by atoms with Crippen molar-refractivity contribution < 1.29 is 31.8 Å². The fraction of sp³-hybridized carbons (Fsp3) is 0.793. The van der Waals surface area contributed by atoms with Crippen LogP contribution in [0.4, 0.5) is 0 Å². The second-order valence-corrected chi connectivity index (χ2v) is 14.4. The van der Waals surface area contributed by atoms with E-state index in [0.29, 0.717) is 54.5 Å². The van der Waals surface area contributed by atoms with Crippen LogP contribution in [0.1, 0.15) is 92.4 Å². The maximum atomic E-state index is 13.2. The Kier molecular flexibility index (Phi) is 8.12. The van der Waals surface area contributed by atoms with Crippen LogP contribution >= 0.6 is 0 Å². The van der Waals surface area contributed by atoms with Crippen LogP contribution in [0.5, 0.6) is 0 Å². The van der Waals surface area contributed by atoms with Crippen LogP contribution in [-0.4, -0.2) is 47.4 Å². The Morgan fingerprint density at radius 2 is 1.92 bits per heavy atom. The summed E-state index contributed by atoms with van der Waals surface area (Å²) in [6, 6.07) is -0.862. The maximum Gasteiger partial charge on any atom is 0.445 e. The van der Waals surface area contributed by atoms with Crippen LogP contribution in [0, 0.1) is 40.4 Å². The minimum Gasteiger partial charge on any atom is -0.480 e. The average molecular weight is 552 g/mol. The Morgan fingerprint density at radius 1 is 1.21 bits per heavy atom. The van der Waals surface area contributed by atoms with Gasteiger partial charge < -0.3 is 14.2 Å². The lowest BCUT2D eigenvalue weighted by Crippen LogP contribution is -2.54. The van der Waals surface area contributed by atoms with Gasteiger partial charge in [0.2, 0.25) is 0 Å². The number of carboxylic acids is 1. The molecule has 0 unspecified atom stereocenters. The van der Waals surface area contributed by atoms with Gasteiger partial charge in [-0.15, -0.1) is 0 Å². The third kappa shape index (κ3) is 5.55. The van der Waals surface area contributed by atoms with Gasteiger partial charge in [0.05, 0.1) is 0 Å². The number of fused-ring (bicyclic) bond motifs is 3. The standard InChI is InChI=1S/C29H45NO7S/c1-18(2)25(27(32)33)30-16-13-19(26(30)31)7-9-21-20(17-37-38(34,35)36)8-11-23-22(21)10-12-24-28(3,4)14-6-15-29(23,24)5/h13,17-18,21-25H,6-12,14-16H2,1-5H3,(H,32,33)(H,34,35,36)/b20-17-/t21-,22-,23-,24-,25+,29+/m0/s1. The third-order valence-corrected chi connectivity index (χ3v) is 10.8. The lowest BCUT2D eigenvalue weighted by molar-refractivity contribution is -0.149. The summed E-state index contributed by atoms with van der Waals surface area (Å²) in [5.74, 6) is 0.144. The second-order valence-electron chi connectivity index (χ2n) is 13.4. The minimum atomic E-state index is -4.60. The molecule has 4 aliphatic rings. The molecule has 3 fully saturated rings. The number of carboxylic acid groups (broad SMARTS) is 1. The molecule has 0 spiro atoms. The number of amides is 1. The van der Waals surface area contributed by atoms with Crippen molar-refractivity contribution in [3.63, 3.8) is 0 Å². The predicted octanol–water partition coefficient (Wildman–Crippen LogP) is 5.62. The van der Waals surface area contributed by atoms with Gasteiger partial charge in [-0.25, -0.2) is 4.79 Å². The first-order valence-corrected chi connectivity index (χ1v) is 15.6. The molecule has 0 aromatic heterocycles. The fourth-order valence-electron chi connectivity index (χ4n) is 8.96. The van der Waals surface area contributed by atoms with E-state index in [1.807, 2.05) is 19.9 Å². The highest BCUT2D eigenvalue weighted by Gasteiger charge is 2.56. The molecule has 214 valence electrons. The first-order valence-electron chi connectivity index (χ1n) is 14.2. The van der Waals surface area contributed by atoms with Gasteiger partial charge in [0.15, 0.2) is 0 Å². The van der Waals surface area contributed by atoms with Crippen molar-refractivity contribution in [3.05, 3.63) is 23.5 Å². The molecule has 8 nitrogen and oxygen atoms in total. The Labute approximate surface area is 227 Å². The topological polar surface area (TPSA) is 121 Å². The molecule has 1 amide bonds. The number of hydrogen-bond acceptors (Lipinski definition) is 5. The van der Waals surface area contributed by atoms with E-state index >= 15 is 0 Å². The second kappa shape index (κ2) is 10.6. The lowest BCUT2D eigenvalue weighted by Gasteiger charge is -2.62. The van der Waals surface area contributed by atoms with E-state index in [1.54, 1.807) is 0 Å². The normalized spacial score (nSPS) is 35.0. The van der Waals surface area contributed by atoms with E-state index < -0.39 is 22.4 Å². The highest BCUT2D eigenvalue weighted by atomic mass is 32.3. The molecule has 0 saturated heterocycles. The quantitative estimate of drug-likeness (QED) is 0.297. The molecule has 1 aliphatic heterocycles. The van der Waals surface area contributed by atoms with E-state index in [1.165, 1.54) is 30.4 Å². The van der Waals surface area contributed by atoms with E-state index in [0.717, 1.165) is 24.8 Å². The summed E-state index contributed by atoms with van der Waals surface area (Å²) in [5, 5.41) is 9.68. The number of carbonyl (C=O) groups is 2. The maximum absolute atomic E-state index is 13.2. The van der Waals surface area contributed by atoms with E-state index in [2.05, 4.69) is 20.8 Å². The van der Waals surface area contributed by atoms with Gasteiger partial charge in [0, 0.05) is 12.1 Å². The van der Waals surface area contributed by atoms with Crippen molar-refractivity contribution >= 4 is 22.3 Å². The first-order chi connectivity index (χ1) is 17.7. The first kappa shape index (κ1) is 29.1. The molecule has 38 heavy (non-hydrogen) atoms. The number of nitrogens with zero attached hydrogens (tertiary/aromatic N) is 1. The van der Waals surface area contributed by atoms with Crippen molar-refractivity contribution in [1.82, 2.24) is 4.90 Å². The molecule has 0 bridgehead atoms. The van der Waals surface area contributed by atoms with Crippen molar-refractivity contribution in [2.45, 2.75) is 98.4 Å². The molecule has 3 saturated carbocycles. The summed E-state index contributed by atoms with van der Waals surface area (Å²) in [6.07, 6.45) is 11.8.